The lowest BCUT2D eigenvalue weighted by Crippen LogP contribution is -2.16. The molecule has 0 saturated heterocycles. The van der Waals surface area contributed by atoms with Gasteiger partial charge in [-0.05, 0) is 90.8 Å². The van der Waals surface area contributed by atoms with Crippen molar-refractivity contribution in [2.75, 3.05) is 4.90 Å². The SMILES string of the molecule is CC1(C)c2ccccc2-c2c(N(c3ccc(-c4cccc5c(-c6cccc7ccccc67)cccc45)cc3)c3cccc4c3oc3ccccc34)cccc21. The van der Waals surface area contributed by atoms with Crippen LogP contribution in [0.3, 0.4) is 0 Å². The molecule has 1 heterocycles. The Morgan fingerprint density at radius 3 is 1.80 bits per heavy atom. The maximum absolute atomic E-state index is 6.71. The summed E-state index contributed by atoms with van der Waals surface area (Å²) in [5, 5.41) is 7.25. The molecule has 0 atom stereocenters. The molecule has 0 N–H and O–H groups in total. The molecule has 1 aliphatic carbocycles. The van der Waals surface area contributed by atoms with E-state index in [-0.39, 0.29) is 5.41 Å². The quantitative estimate of drug-likeness (QED) is 0.177. The lowest BCUT2D eigenvalue weighted by atomic mass is 9.82. The van der Waals surface area contributed by atoms with Crippen LogP contribution in [0.4, 0.5) is 17.1 Å². The van der Waals surface area contributed by atoms with Crippen molar-refractivity contribution in [3.05, 3.63) is 199 Å². The second-order valence-electron chi connectivity index (χ2n) is 15.2. The maximum atomic E-state index is 6.71. The third kappa shape index (κ3) is 4.74. The van der Waals surface area contributed by atoms with E-state index in [2.05, 4.69) is 201 Å². The highest BCUT2D eigenvalue weighted by atomic mass is 16.3. The molecule has 0 saturated carbocycles. The van der Waals surface area contributed by atoms with E-state index in [9.17, 15) is 0 Å². The van der Waals surface area contributed by atoms with Gasteiger partial charge in [0.15, 0.2) is 5.58 Å². The first-order valence-electron chi connectivity index (χ1n) is 19.1. The van der Waals surface area contributed by atoms with E-state index in [1.54, 1.807) is 0 Å². The molecule has 11 rings (SSSR count). The summed E-state index contributed by atoms with van der Waals surface area (Å²) in [5.41, 5.74) is 15.0. The monoisotopic (exact) mass is 703 g/mol. The Balaban J connectivity index is 1.10. The molecule has 0 unspecified atom stereocenters. The highest BCUT2D eigenvalue weighted by molar-refractivity contribution is 6.12. The van der Waals surface area contributed by atoms with Crippen molar-refractivity contribution in [3.8, 4) is 33.4 Å². The van der Waals surface area contributed by atoms with Crippen LogP contribution in [0.2, 0.25) is 0 Å². The number of benzene rings is 9. The number of hydrogen-bond acceptors (Lipinski definition) is 2. The third-order valence-electron chi connectivity index (χ3n) is 11.9. The minimum atomic E-state index is -0.123. The van der Waals surface area contributed by atoms with Gasteiger partial charge in [-0.15, -0.1) is 0 Å². The molecular formula is C53H37NO. The van der Waals surface area contributed by atoms with E-state index in [0.29, 0.717) is 0 Å². The summed E-state index contributed by atoms with van der Waals surface area (Å²) in [6.07, 6.45) is 0. The second-order valence-corrected chi connectivity index (χ2v) is 15.2. The largest absolute Gasteiger partial charge is 0.454 e. The number of furan rings is 1. The molecule has 0 spiro atoms. The summed E-state index contributed by atoms with van der Waals surface area (Å²) in [4.78, 5) is 2.41. The lowest BCUT2D eigenvalue weighted by Gasteiger charge is -2.29. The van der Waals surface area contributed by atoms with Gasteiger partial charge in [-0.25, -0.2) is 0 Å². The number of anilines is 3. The molecule has 55 heavy (non-hydrogen) atoms. The van der Waals surface area contributed by atoms with Gasteiger partial charge >= 0.3 is 0 Å². The zero-order valence-corrected chi connectivity index (χ0v) is 30.8. The Kier molecular flexibility index (Phi) is 6.93. The summed E-state index contributed by atoms with van der Waals surface area (Å²) in [7, 11) is 0. The summed E-state index contributed by atoms with van der Waals surface area (Å²) in [5.74, 6) is 0. The zero-order chi connectivity index (χ0) is 36.7. The van der Waals surface area contributed by atoms with E-state index >= 15 is 0 Å². The van der Waals surface area contributed by atoms with Gasteiger partial charge in [0.2, 0.25) is 0 Å². The highest BCUT2D eigenvalue weighted by Crippen LogP contribution is 2.55. The molecule has 0 amide bonds. The Hall–Kier alpha value is -6.90. The number of rotatable bonds is 5. The first-order valence-corrected chi connectivity index (χ1v) is 19.1. The number of para-hydroxylation sites is 2. The van der Waals surface area contributed by atoms with Crippen LogP contribution in [0.25, 0.3) is 76.9 Å². The van der Waals surface area contributed by atoms with Crippen LogP contribution >= 0.6 is 0 Å². The average molecular weight is 704 g/mol. The fourth-order valence-electron chi connectivity index (χ4n) is 9.28. The van der Waals surface area contributed by atoms with Crippen LogP contribution in [-0.4, -0.2) is 0 Å². The normalized spacial score (nSPS) is 13.1. The van der Waals surface area contributed by atoms with Gasteiger partial charge in [-0.1, -0.05) is 172 Å². The number of hydrogen-bond donors (Lipinski definition) is 0. The number of fused-ring (bicyclic) bond motifs is 8. The smallest absolute Gasteiger partial charge is 0.159 e. The van der Waals surface area contributed by atoms with Gasteiger partial charge < -0.3 is 9.32 Å². The minimum Gasteiger partial charge on any atom is -0.454 e. The highest BCUT2D eigenvalue weighted by Gasteiger charge is 2.38. The Bertz CT molecular complexity index is 3120. The molecule has 0 aliphatic heterocycles. The third-order valence-corrected chi connectivity index (χ3v) is 11.9. The first-order chi connectivity index (χ1) is 27.1. The molecule has 260 valence electrons. The van der Waals surface area contributed by atoms with E-state index < -0.39 is 0 Å². The predicted octanol–water partition coefficient (Wildman–Crippen LogP) is 15.0. The molecule has 2 heteroatoms. The van der Waals surface area contributed by atoms with Crippen molar-refractivity contribution in [2.45, 2.75) is 19.3 Å². The van der Waals surface area contributed by atoms with Gasteiger partial charge in [0.05, 0.1) is 11.4 Å². The van der Waals surface area contributed by atoms with Crippen LogP contribution in [0.15, 0.2) is 192 Å². The predicted molar refractivity (Wildman–Crippen MR) is 232 cm³/mol. The Morgan fingerprint density at radius 2 is 0.945 bits per heavy atom. The standard InChI is InChI=1S/C53H37NO/c1-53(2)46-25-7-5-18-45(46)51-47(53)26-13-27-48(51)54(49-28-12-24-44-43-17-6-8-29-50(43)55-52(44)49)36-32-30-35(31-33-36)38-19-10-22-41-40(38)21-11-23-42(41)39-20-9-15-34-14-3-4-16-37(34)39/h3-33H,1-2H3. The summed E-state index contributed by atoms with van der Waals surface area (Å²) < 4.78 is 6.71. The van der Waals surface area contributed by atoms with Crippen LogP contribution in [-0.2, 0) is 5.41 Å². The fourth-order valence-corrected chi connectivity index (χ4v) is 9.28. The van der Waals surface area contributed by atoms with Crippen molar-refractivity contribution in [2.24, 2.45) is 0 Å². The molecule has 1 aliphatic rings. The molecule has 0 fully saturated rings. The Labute approximate surface area is 320 Å². The maximum Gasteiger partial charge on any atom is 0.159 e. The van der Waals surface area contributed by atoms with Crippen molar-refractivity contribution in [3.63, 3.8) is 0 Å². The lowest BCUT2D eigenvalue weighted by molar-refractivity contribution is 0.660. The van der Waals surface area contributed by atoms with Crippen molar-refractivity contribution in [1.82, 2.24) is 0 Å². The zero-order valence-electron chi connectivity index (χ0n) is 30.8. The van der Waals surface area contributed by atoms with E-state index in [1.807, 2.05) is 6.07 Å². The molecule has 1 aromatic heterocycles. The van der Waals surface area contributed by atoms with Gasteiger partial charge in [0, 0.05) is 27.4 Å². The second kappa shape index (κ2) is 12.1. The van der Waals surface area contributed by atoms with Crippen molar-refractivity contribution >= 4 is 60.5 Å². The van der Waals surface area contributed by atoms with Gasteiger partial charge in [-0.3, -0.25) is 0 Å². The van der Waals surface area contributed by atoms with Crippen molar-refractivity contribution < 1.29 is 4.42 Å². The van der Waals surface area contributed by atoms with Gasteiger partial charge in [0.1, 0.15) is 5.58 Å². The van der Waals surface area contributed by atoms with Crippen LogP contribution in [0.5, 0.6) is 0 Å². The molecular weight excluding hydrogens is 667 g/mol. The van der Waals surface area contributed by atoms with Crippen LogP contribution in [0, 0.1) is 0 Å². The molecule has 10 aromatic rings. The first kappa shape index (κ1) is 31.6. The van der Waals surface area contributed by atoms with E-state index in [0.717, 1.165) is 39.0 Å². The number of nitrogens with zero attached hydrogens (tertiary/aromatic N) is 1. The fraction of sp³-hybridized carbons (Fsp3) is 0.0566. The minimum absolute atomic E-state index is 0.123. The molecule has 0 bridgehead atoms. The van der Waals surface area contributed by atoms with Crippen LogP contribution < -0.4 is 4.90 Å². The molecule has 2 nitrogen and oxygen atoms in total. The average Bonchev–Trinajstić information content (AvgIpc) is 3.73. The van der Waals surface area contributed by atoms with Crippen LogP contribution in [0.1, 0.15) is 25.0 Å². The topological polar surface area (TPSA) is 16.4 Å². The summed E-state index contributed by atoms with van der Waals surface area (Å²) in [6.45, 7) is 4.69. The van der Waals surface area contributed by atoms with Gasteiger partial charge in [0.25, 0.3) is 0 Å². The Morgan fingerprint density at radius 1 is 0.400 bits per heavy atom. The van der Waals surface area contributed by atoms with Crippen molar-refractivity contribution in [1.29, 1.82) is 0 Å². The summed E-state index contributed by atoms with van der Waals surface area (Å²) >= 11 is 0. The molecule has 0 radical (unpaired) electrons. The molecule has 9 aromatic carbocycles. The summed E-state index contributed by atoms with van der Waals surface area (Å²) in [6, 6.07) is 68.3. The van der Waals surface area contributed by atoms with E-state index in [4.69, 9.17) is 4.42 Å². The van der Waals surface area contributed by atoms with E-state index in [1.165, 1.54) is 66.1 Å². The van der Waals surface area contributed by atoms with Gasteiger partial charge in [-0.2, -0.15) is 0 Å².